The first-order chi connectivity index (χ1) is 7.91. The summed E-state index contributed by atoms with van der Waals surface area (Å²) in [5, 5.41) is 0. The molecule has 2 N–H and O–H groups in total. The van der Waals surface area contributed by atoms with E-state index in [1.165, 1.54) is 16.4 Å². The summed E-state index contributed by atoms with van der Waals surface area (Å²) in [5.74, 6) is -0.544. The molecule has 1 atom stereocenters. The quantitative estimate of drug-likeness (QED) is 0.855. The molecule has 4 nitrogen and oxygen atoms in total. The van der Waals surface area contributed by atoms with Crippen LogP contribution in [0.2, 0.25) is 0 Å². The zero-order chi connectivity index (χ0) is 12.6. The number of hydrogen-bond acceptors (Lipinski definition) is 3. The second-order valence-electron chi connectivity index (χ2n) is 4.32. The number of benzene rings is 1. The van der Waals surface area contributed by atoms with Crippen molar-refractivity contribution in [2.24, 2.45) is 5.73 Å². The number of aryl methyl sites for hydroxylation is 1. The molecule has 1 heterocycles. The van der Waals surface area contributed by atoms with Crippen LogP contribution in [0.1, 0.15) is 12.0 Å². The number of rotatable bonds is 2. The predicted octanol–water partition coefficient (Wildman–Crippen LogP) is 0.856. The van der Waals surface area contributed by atoms with Gasteiger partial charge in [-0.3, -0.25) is 0 Å². The topological polar surface area (TPSA) is 63.4 Å². The van der Waals surface area contributed by atoms with Crippen LogP contribution in [-0.4, -0.2) is 31.9 Å². The van der Waals surface area contributed by atoms with Gasteiger partial charge in [-0.25, -0.2) is 12.8 Å². The summed E-state index contributed by atoms with van der Waals surface area (Å²) >= 11 is 0. The summed E-state index contributed by atoms with van der Waals surface area (Å²) < 4.78 is 39.0. The van der Waals surface area contributed by atoms with Crippen molar-refractivity contribution in [2.45, 2.75) is 24.3 Å². The van der Waals surface area contributed by atoms with E-state index in [0.29, 0.717) is 25.1 Å². The van der Waals surface area contributed by atoms with Crippen molar-refractivity contribution in [2.75, 3.05) is 13.1 Å². The molecule has 0 bridgehead atoms. The number of nitrogens with zero attached hydrogens (tertiary/aromatic N) is 1. The molecule has 1 aromatic carbocycles. The Morgan fingerprint density at radius 2 is 2.18 bits per heavy atom. The van der Waals surface area contributed by atoms with E-state index in [-0.39, 0.29) is 10.9 Å². The van der Waals surface area contributed by atoms with Crippen LogP contribution >= 0.6 is 0 Å². The van der Waals surface area contributed by atoms with Crippen molar-refractivity contribution < 1.29 is 12.8 Å². The van der Waals surface area contributed by atoms with E-state index in [9.17, 15) is 12.8 Å². The molecule has 0 spiro atoms. The molecular formula is C11H15FN2O2S. The third-order valence-corrected chi connectivity index (χ3v) is 4.96. The van der Waals surface area contributed by atoms with Crippen LogP contribution in [0, 0.1) is 12.7 Å². The van der Waals surface area contributed by atoms with Crippen LogP contribution < -0.4 is 5.73 Å². The summed E-state index contributed by atoms with van der Waals surface area (Å²) in [5.41, 5.74) is 6.24. The summed E-state index contributed by atoms with van der Waals surface area (Å²) in [6.45, 7) is 2.36. The summed E-state index contributed by atoms with van der Waals surface area (Å²) in [4.78, 5) is 0.0339. The second-order valence-corrected chi connectivity index (χ2v) is 6.23. The summed E-state index contributed by atoms with van der Waals surface area (Å²) in [7, 11) is -3.61. The van der Waals surface area contributed by atoms with Crippen molar-refractivity contribution in [3.05, 3.63) is 29.6 Å². The highest BCUT2D eigenvalue weighted by atomic mass is 32.2. The first-order valence-corrected chi connectivity index (χ1v) is 6.87. The summed E-state index contributed by atoms with van der Waals surface area (Å²) in [6.07, 6.45) is 0.646. The molecule has 0 aromatic heterocycles. The fourth-order valence-electron chi connectivity index (χ4n) is 1.96. The zero-order valence-corrected chi connectivity index (χ0v) is 10.4. The minimum absolute atomic E-state index is 0.0339. The van der Waals surface area contributed by atoms with Gasteiger partial charge in [-0.05, 0) is 31.0 Å². The lowest BCUT2D eigenvalue weighted by Gasteiger charge is -2.17. The molecule has 17 heavy (non-hydrogen) atoms. The van der Waals surface area contributed by atoms with E-state index < -0.39 is 15.8 Å². The maximum absolute atomic E-state index is 13.1. The number of sulfonamides is 1. The monoisotopic (exact) mass is 258 g/mol. The first-order valence-electron chi connectivity index (χ1n) is 5.43. The fourth-order valence-corrected chi connectivity index (χ4v) is 3.71. The van der Waals surface area contributed by atoms with Gasteiger partial charge >= 0.3 is 0 Å². The van der Waals surface area contributed by atoms with Gasteiger partial charge in [0, 0.05) is 19.1 Å². The number of nitrogens with two attached hydrogens (primary N) is 1. The third kappa shape index (κ3) is 2.34. The smallest absolute Gasteiger partial charge is 0.243 e. The minimum atomic E-state index is -3.61. The highest BCUT2D eigenvalue weighted by molar-refractivity contribution is 7.89. The standard InChI is InChI=1S/C11H15FN2O2S/c1-8-2-3-9(12)6-11(8)17(15,16)14-5-4-10(13)7-14/h2-3,6,10H,4-5,7,13H2,1H3/t10-/m0/s1. The Morgan fingerprint density at radius 1 is 1.47 bits per heavy atom. The molecule has 1 saturated heterocycles. The Kier molecular flexibility index (Phi) is 3.20. The second kappa shape index (κ2) is 4.36. The zero-order valence-electron chi connectivity index (χ0n) is 9.56. The molecule has 0 amide bonds. The Hall–Kier alpha value is -0.980. The van der Waals surface area contributed by atoms with E-state index in [1.807, 2.05) is 0 Å². The minimum Gasteiger partial charge on any atom is -0.326 e. The van der Waals surface area contributed by atoms with Gasteiger partial charge in [-0.2, -0.15) is 4.31 Å². The Bertz CT molecular complexity index is 530. The van der Waals surface area contributed by atoms with Gasteiger partial charge in [0.05, 0.1) is 4.90 Å². The molecule has 2 rings (SSSR count). The largest absolute Gasteiger partial charge is 0.326 e. The fraction of sp³-hybridized carbons (Fsp3) is 0.455. The molecule has 6 heteroatoms. The van der Waals surface area contributed by atoms with Crippen molar-refractivity contribution in [1.29, 1.82) is 0 Å². The number of hydrogen-bond donors (Lipinski definition) is 1. The van der Waals surface area contributed by atoms with Crippen molar-refractivity contribution >= 4 is 10.0 Å². The van der Waals surface area contributed by atoms with Crippen LogP contribution in [0.15, 0.2) is 23.1 Å². The van der Waals surface area contributed by atoms with Crippen molar-refractivity contribution in [3.8, 4) is 0 Å². The number of halogens is 1. The van der Waals surface area contributed by atoms with Crippen molar-refractivity contribution in [1.82, 2.24) is 4.31 Å². The van der Waals surface area contributed by atoms with Gasteiger partial charge in [-0.1, -0.05) is 6.07 Å². The Balaban J connectivity index is 2.41. The SMILES string of the molecule is Cc1ccc(F)cc1S(=O)(=O)N1CC[C@H](N)C1. The van der Waals surface area contributed by atoms with Crippen LogP contribution in [0.3, 0.4) is 0 Å². The molecule has 0 radical (unpaired) electrons. The van der Waals surface area contributed by atoms with Crippen molar-refractivity contribution in [3.63, 3.8) is 0 Å². The molecule has 0 aliphatic carbocycles. The lowest BCUT2D eigenvalue weighted by Crippen LogP contribution is -2.32. The lowest BCUT2D eigenvalue weighted by atomic mass is 10.2. The van der Waals surface area contributed by atoms with Crippen LogP contribution in [0.5, 0.6) is 0 Å². The van der Waals surface area contributed by atoms with Gasteiger partial charge < -0.3 is 5.73 Å². The maximum atomic E-state index is 13.1. The van der Waals surface area contributed by atoms with Gasteiger partial charge in [0.25, 0.3) is 0 Å². The Morgan fingerprint density at radius 3 is 2.76 bits per heavy atom. The van der Waals surface area contributed by atoms with Gasteiger partial charge in [0.2, 0.25) is 10.0 Å². The van der Waals surface area contributed by atoms with Crippen LogP contribution in [0.4, 0.5) is 4.39 Å². The molecule has 0 unspecified atom stereocenters. The highest BCUT2D eigenvalue weighted by Crippen LogP contribution is 2.23. The molecule has 1 aromatic rings. The maximum Gasteiger partial charge on any atom is 0.243 e. The summed E-state index contributed by atoms with van der Waals surface area (Å²) in [6, 6.07) is 3.66. The van der Waals surface area contributed by atoms with Gasteiger partial charge in [0.15, 0.2) is 0 Å². The molecule has 1 aliphatic heterocycles. The van der Waals surface area contributed by atoms with E-state index >= 15 is 0 Å². The van der Waals surface area contributed by atoms with E-state index in [1.54, 1.807) is 6.92 Å². The van der Waals surface area contributed by atoms with Crippen LogP contribution in [0.25, 0.3) is 0 Å². The molecular weight excluding hydrogens is 243 g/mol. The lowest BCUT2D eigenvalue weighted by molar-refractivity contribution is 0.471. The average Bonchev–Trinajstić information content (AvgIpc) is 2.69. The van der Waals surface area contributed by atoms with E-state index in [0.717, 1.165) is 6.07 Å². The predicted molar refractivity (Wildman–Crippen MR) is 62.5 cm³/mol. The molecule has 94 valence electrons. The Labute approximate surface area is 100 Å². The van der Waals surface area contributed by atoms with E-state index in [2.05, 4.69) is 0 Å². The molecule has 1 fully saturated rings. The first kappa shape index (κ1) is 12.5. The third-order valence-electron chi connectivity index (χ3n) is 2.96. The molecule has 0 saturated carbocycles. The highest BCUT2D eigenvalue weighted by Gasteiger charge is 2.31. The van der Waals surface area contributed by atoms with Crippen LogP contribution in [-0.2, 0) is 10.0 Å². The average molecular weight is 258 g/mol. The molecule has 1 aliphatic rings. The van der Waals surface area contributed by atoms with Gasteiger partial charge in [-0.15, -0.1) is 0 Å². The normalized spacial score (nSPS) is 21.9. The van der Waals surface area contributed by atoms with E-state index in [4.69, 9.17) is 5.73 Å². The van der Waals surface area contributed by atoms with Gasteiger partial charge in [0.1, 0.15) is 5.82 Å².